The first-order valence-corrected chi connectivity index (χ1v) is 15.9. The van der Waals surface area contributed by atoms with Crippen molar-refractivity contribution in [3.8, 4) is 22.6 Å². The summed E-state index contributed by atoms with van der Waals surface area (Å²) in [6.45, 7) is 0. The number of hydrogen-bond donors (Lipinski definition) is 0. The summed E-state index contributed by atoms with van der Waals surface area (Å²) in [6, 6.07) is 55.5. The Hall–Kier alpha value is -5.71. The lowest BCUT2D eigenvalue weighted by atomic mass is 10.0. The van der Waals surface area contributed by atoms with E-state index in [0.717, 1.165) is 44.5 Å². The molecule has 0 bridgehead atoms. The highest BCUT2D eigenvalue weighted by molar-refractivity contribution is 7.25. The zero-order valence-electron chi connectivity index (χ0n) is 24.2. The zero-order chi connectivity index (χ0) is 29.7. The van der Waals surface area contributed by atoms with E-state index in [2.05, 4.69) is 132 Å². The monoisotopic (exact) mass is 594 g/mol. The lowest BCUT2D eigenvalue weighted by molar-refractivity contribution is 0.620. The summed E-state index contributed by atoms with van der Waals surface area (Å²) in [4.78, 5) is 7.40. The molecule has 4 heteroatoms. The Bertz CT molecular complexity index is 2480. The molecule has 9 aromatic rings. The summed E-state index contributed by atoms with van der Waals surface area (Å²) in [5, 5.41) is 4.75. The van der Waals surface area contributed by atoms with Crippen LogP contribution in [0.4, 0.5) is 17.1 Å². The van der Waals surface area contributed by atoms with Crippen molar-refractivity contribution in [2.24, 2.45) is 0 Å². The van der Waals surface area contributed by atoms with Crippen LogP contribution in [0.5, 0.6) is 0 Å². The standard InChI is InChI=1S/C41H26N2OS/c1-3-11-27(12-4-1)28-19-21-31(22-20-28)43(32-23-24-35-34-17-9-10-18-37(34)45-38(35)26-32)36-25-30-15-7-8-16-33(30)39-40(36)44-41(42-39)29-13-5-2-6-14-29/h1-26H. The van der Waals surface area contributed by atoms with Crippen molar-refractivity contribution in [2.75, 3.05) is 4.90 Å². The van der Waals surface area contributed by atoms with E-state index in [-0.39, 0.29) is 0 Å². The fraction of sp³-hybridized carbons (Fsp3) is 0. The molecular formula is C41H26N2OS. The predicted molar refractivity (Wildman–Crippen MR) is 190 cm³/mol. The Morgan fingerprint density at radius 2 is 1.11 bits per heavy atom. The molecule has 7 aromatic carbocycles. The van der Waals surface area contributed by atoms with E-state index in [4.69, 9.17) is 9.40 Å². The normalized spacial score (nSPS) is 11.6. The summed E-state index contributed by atoms with van der Waals surface area (Å²) in [6.07, 6.45) is 0. The SMILES string of the molecule is c1ccc(-c2ccc(N(c3ccc4c(c3)sc3ccccc34)c3cc4ccccc4c4nc(-c5ccccc5)oc34)cc2)cc1. The number of hydrogen-bond acceptors (Lipinski definition) is 4. The quantitative estimate of drug-likeness (QED) is 0.198. The smallest absolute Gasteiger partial charge is 0.227 e. The van der Waals surface area contributed by atoms with E-state index in [1.165, 1.54) is 31.3 Å². The number of aromatic nitrogens is 1. The highest BCUT2D eigenvalue weighted by atomic mass is 32.1. The van der Waals surface area contributed by atoms with Gasteiger partial charge in [-0.05, 0) is 65.0 Å². The minimum absolute atomic E-state index is 0.613. The number of nitrogens with zero attached hydrogens (tertiary/aromatic N) is 2. The lowest BCUT2D eigenvalue weighted by Gasteiger charge is -2.26. The second kappa shape index (κ2) is 10.5. The molecule has 0 N–H and O–H groups in total. The number of fused-ring (bicyclic) bond motifs is 6. The van der Waals surface area contributed by atoms with Gasteiger partial charge in [0.25, 0.3) is 0 Å². The van der Waals surface area contributed by atoms with Gasteiger partial charge in [-0.2, -0.15) is 0 Å². The van der Waals surface area contributed by atoms with Gasteiger partial charge in [0.15, 0.2) is 5.58 Å². The minimum Gasteiger partial charge on any atom is -0.434 e. The van der Waals surface area contributed by atoms with Gasteiger partial charge in [-0.25, -0.2) is 4.98 Å². The summed E-state index contributed by atoms with van der Waals surface area (Å²) in [5.74, 6) is 0.613. The Balaban J connectivity index is 1.30. The molecule has 0 spiro atoms. The maximum atomic E-state index is 6.70. The zero-order valence-corrected chi connectivity index (χ0v) is 25.0. The summed E-state index contributed by atoms with van der Waals surface area (Å²) in [7, 11) is 0. The van der Waals surface area contributed by atoms with Crippen LogP contribution in [-0.2, 0) is 0 Å². The molecule has 3 nitrogen and oxygen atoms in total. The molecule has 2 heterocycles. The molecule has 0 aliphatic heterocycles. The predicted octanol–water partition coefficient (Wildman–Crippen LogP) is 12.2. The van der Waals surface area contributed by atoms with Gasteiger partial charge in [0, 0.05) is 42.5 Å². The second-order valence-corrected chi connectivity index (χ2v) is 12.3. The minimum atomic E-state index is 0.613. The van der Waals surface area contributed by atoms with Crippen molar-refractivity contribution in [1.82, 2.24) is 4.98 Å². The van der Waals surface area contributed by atoms with E-state index in [0.29, 0.717) is 5.89 Å². The van der Waals surface area contributed by atoms with Crippen molar-refractivity contribution >= 4 is 70.4 Å². The van der Waals surface area contributed by atoms with E-state index in [1.807, 2.05) is 41.7 Å². The fourth-order valence-electron chi connectivity index (χ4n) is 6.31. The molecule has 0 saturated carbocycles. The van der Waals surface area contributed by atoms with Gasteiger partial charge in [0.2, 0.25) is 5.89 Å². The van der Waals surface area contributed by atoms with Crippen LogP contribution in [0.2, 0.25) is 0 Å². The first-order valence-electron chi connectivity index (χ1n) is 15.0. The van der Waals surface area contributed by atoms with Crippen molar-refractivity contribution in [3.63, 3.8) is 0 Å². The molecule has 0 amide bonds. The average molecular weight is 595 g/mol. The third-order valence-electron chi connectivity index (χ3n) is 8.48. The number of anilines is 3. The number of oxazole rings is 1. The molecule has 9 rings (SSSR count). The summed E-state index contributed by atoms with van der Waals surface area (Å²) >= 11 is 1.83. The molecule has 0 atom stereocenters. The summed E-state index contributed by atoms with van der Waals surface area (Å²) in [5.41, 5.74) is 8.00. The molecular weight excluding hydrogens is 569 g/mol. The number of benzene rings is 7. The van der Waals surface area contributed by atoms with Crippen LogP contribution >= 0.6 is 11.3 Å². The largest absolute Gasteiger partial charge is 0.434 e. The van der Waals surface area contributed by atoms with Crippen molar-refractivity contribution in [3.05, 3.63) is 158 Å². The van der Waals surface area contributed by atoms with E-state index >= 15 is 0 Å². The first kappa shape index (κ1) is 25.8. The third kappa shape index (κ3) is 4.38. The molecule has 0 fully saturated rings. The van der Waals surface area contributed by atoms with Crippen molar-refractivity contribution in [2.45, 2.75) is 0 Å². The average Bonchev–Trinajstić information content (AvgIpc) is 3.72. The molecule has 2 aromatic heterocycles. The van der Waals surface area contributed by atoms with Crippen LogP contribution in [0.3, 0.4) is 0 Å². The first-order chi connectivity index (χ1) is 22.3. The molecule has 0 radical (unpaired) electrons. The molecule has 0 aliphatic rings. The van der Waals surface area contributed by atoms with Crippen molar-refractivity contribution < 1.29 is 4.42 Å². The number of rotatable bonds is 5. The molecule has 45 heavy (non-hydrogen) atoms. The van der Waals surface area contributed by atoms with Gasteiger partial charge in [0.1, 0.15) is 5.52 Å². The molecule has 0 unspecified atom stereocenters. The Morgan fingerprint density at radius 1 is 0.489 bits per heavy atom. The van der Waals surface area contributed by atoms with Crippen LogP contribution in [0.25, 0.3) is 64.6 Å². The van der Waals surface area contributed by atoms with Crippen molar-refractivity contribution in [1.29, 1.82) is 0 Å². The topological polar surface area (TPSA) is 29.3 Å². The van der Waals surface area contributed by atoms with Gasteiger partial charge < -0.3 is 9.32 Å². The van der Waals surface area contributed by atoms with E-state index < -0.39 is 0 Å². The fourth-order valence-corrected chi connectivity index (χ4v) is 7.45. The van der Waals surface area contributed by atoms with E-state index in [9.17, 15) is 0 Å². The van der Waals surface area contributed by atoms with Crippen LogP contribution in [0.1, 0.15) is 0 Å². The highest BCUT2D eigenvalue weighted by Gasteiger charge is 2.23. The highest BCUT2D eigenvalue weighted by Crippen LogP contribution is 2.45. The van der Waals surface area contributed by atoms with Crippen LogP contribution in [0, 0.1) is 0 Å². The van der Waals surface area contributed by atoms with Gasteiger partial charge in [-0.1, -0.05) is 109 Å². The maximum absolute atomic E-state index is 6.70. The maximum Gasteiger partial charge on any atom is 0.227 e. The van der Waals surface area contributed by atoms with Crippen LogP contribution in [0.15, 0.2) is 162 Å². The van der Waals surface area contributed by atoms with Gasteiger partial charge in [-0.15, -0.1) is 11.3 Å². The van der Waals surface area contributed by atoms with Crippen LogP contribution in [-0.4, -0.2) is 4.98 Å². The summed E-state index contributed by atoms with van der Waals surface area (Å²) < 4.78 is 9.24. The van der Waals surface area contributed by atoms with E-state index in [1.54, 1.807) is 0 Å². The Morgan fingerprint density at radius 3 is 1.91 bits per heavy atom. The Labute approximate surface area is 264 Å². The Kier molecular flexibility index (Phi) is 6.00. The second-order valence-electron chi connectivity index (χ2n) is 11.2. The third-order valence-corrected chi connectivity index (χ3v) is 9.62. The van der Waals surface area contributed by atoms with Gasteiger partial charge in [0.05, 0.1) is 5.69 Å². The number of thiophene rings is 1. The van der Waals surface area contributed by atoms with Gasteiger partial charge in [-0.3, -0.25) is 0 Å². The molecule has 0 aliphatic carbocycles. The van der Waals surface area contributed by atoms with Gasteiger partial charge >= 0.3 is 0 Å². The van der Waals surface area contributed by atoms with Crippen LogP contribution < -0.4 is 4.90 Å². The molecule has 212 valence electrons. The lowest BCUT2D eigenvalue weighted by Crippen LogP contribution is -2.10. The molecule has 0 saturated heterocycles.